The van der Waals surface area contributed by atoms with Gasteiger partial charge in [-0.1, -0.05) is 6.07 Å². The topological polar surface area (TPSA) is 107 Å². The van der Waals surface area contributed by atoms with Crippen LogP contribution in [0.25, 0.3) is 11.0 Å². The Morgan fingerprint density at radius 2 is 2.03 bits per heavy atom. The number of hydrogen-bond acceptors (Lipinski definition) is 4. The summed E-state index contributed by atoms with van der Waals surface area (Å²) in [7, 11) is 0. The molecule has 8 nitrogen and oxygen atoms in total. The minimum Gasteiger partial charge on any atom is -0.353 e. The molecule has 1 saturated heterocycles. The summed E-state index contributed by atoms with van der Waals surface area (Å²) in [6.45, 7) is 3.19. The van der Waals surface area contributed by atoms with E-state index in [0.717, 1.165) is 48.1 Å². The van der Waals surface area contributed by atoms with Gasteiger partial charge in [0.15, 0.2) is 0 Å². The van der Waals surface area contributed by atoms with E-state index in [-0.39, 0.29) is 36.2 Å². The first kappa shape index (κ1) is 19.4. The summed E-state index contributed by atoms with van der Waals surface area (Å²) in [6, 6.07) is 5.94. The van der Waals surface area contributed by atoms with Gasteiger partial charge in [-0.05, 0) is 50.3 Å². The summed E-state index contributed by atoms with van der Waals surface area (Å²) in [6.07, 6.45) is 3.42. The van der Waals surface area contributed by atoms with Crippen molar-refractivity contribution in [3.8, 4) is 0 Å². The summed E-state index contributed by atoms with van der Waals surface area (Å²) in [5.74, 6) is 0.808. The van der Waals surface area contributed by atoms with Crippen molar-refractivity contribution in [2.75, 3.05) is 19.6 Å². The van der Waals surface area contributed by atoms with Crippen LogP contribution in [-0.4, -0.2) is 58.3 Å². The Hall–Kier alpha value is -2.90. The standard InChI is InChI=1S/C21H27N5O3/c1-13-23-17-7-2-14(10-18(17)24-13)11-19(27)25-16-5-3-15(4-6-16)21(29)26-9-8-22-20(28)12-26/h2,7,10,15-16H,3-6,8-9,11-12H2,1H3,(H,22,28)(H,23,24)(H,25,27). The third-order valence-electron chi connectivity index (χ3n) is 5.82. The van der Waals surface area contributed by atoms with Crippen molar-refractivity contribution in [1.29, 1.82) is 0 Å². The quantitative estimate of drug-likeness (QED) is 0.717. The van der Waals surface area contributed by atoms with Crippen molar-refractivity contribution >= 4 is 28.8 Å². The molecule has 2 aromatic rings. The van der Waals surface area contributed by atoms with Gasteiger partial charge < -0.3 is 20.5 Å². The van der Waals surface area contributed by atoms with Crippen molar-refractivity contribution in [3.05, 3.63) is 29.6 Å². The molecule has 2 heterocycles. The van der Waals surface area contributed by atoms with Gasteiger partial charge in [-0.25, -0.2) is 4.98 Å². The van der Waals surface area contributed by atoms with E-state index in [1.165, 1.54) is 0 Å². The van der Waals surface area contributed by atoms with Crippen LogP contribution >= 0.6 is 0 Å². The van der Waals surface area contributed by atoms with E-state index in [0.29, 0.717) is 19.5 Å². The number of benzene rings is 1. The molecular formula is C21H27N5O3. The highest BCUT2D eigenvalue weighted by atomic mass is 16.2. The molecule has 1 aliphatic carbocycles. The number of aryl methyl sites for hydroxylation is 1. The van der Waals surface area contributed by atoms with Crippen LogP contribution in [0.4, 0.5) is 0 Å². The second kappa shape index (κ2) is 8.23. The second-order valence-electron chi connectivity index (χ2n) is 8.08. The molecule has 0 spiro atoms. The van der Waals surface area contributed by atoms with Gasteiger partial charge >= 0.3 is 0 Å². The van der Waals surface area contributed by atoms with Gasteiger partial charge in [0.2, 0.25) is 17.7 Å². The van der Waals surface area contributed by atoms with Crippen LogP contribution < -0.4 is 10.6 Å². The molecule has 1 aromatic heterocycles. The number of carbonyl (C=O) groups excluding carboxylic acids is 3. The number of aromatic amines is 1. The van der Waals surface area contributed by atoms with Crippen molar-refractivity contribution in [2.45, 2.75) is 45.1 Å². The van der Waals surface area contributed by atoms with Crippen LogP contribution in [0.3, 0.4) is 0 Å². The molecular weight excluding hydrogens is 370 g/mol. The molecule has 4 rings (SSSR count). The zero-order valence-corrected chi connectivity index (χ0v) is 16.7. The first-order chi connectivity index (χ1) is 14.0. The van der Waals surface area contributed by atoms with Crippen molar-refractivity contribution in [3.63, 3.8) is 0 Å². The number of piperazine rings is 1. The Balaban J connectivity index is 1.26. The van der Waals surface area contributed by atoms with Gasteiger partial charge in [0.1, 0.15) is 5.82 Å². The van der Waals surface area contributed by atoms with Gasteiger partial charge in [0.05, 0.1) is 24.0 Å². The summed E-state index contributed by atoms with van der Waals surface area (Å²) in [4.78, 5) is 45.8. The average Bonchev–Trinajstić information content (AvgIpc) is 3.07. The Bertz CT molecular complexity index is 930. The molecule has 1 saturated carbocycles. The third kappa shape index (κ3) is 4.58. The smallest absolute Gasteiger partial charge is 0.239 e. The van der Waals surface area contributed by atoms with E-state index in [2.05, 4.69) is 20.6 Å². The number of amides is 3. The molecule has 1 aromatic carbocycles. The highest BCUT2D eigenvalue weighted by molar-refractivity contribution is 5.87. The van der Waals surface area contributed by atoms with Crippen molar-refractivity contribution in [2.24, 2.45) is 5.92 Å². The van der Waals surface area contributed by atoms with Crippen LogP contribution in [-0.2, 0) is 20.8 Å². The second-order valence-corrected chi connectivity index (χ2v) is 8.08. The van der Waals surface area contributed by atoms with Gasteiger partial charge in [-0.3, -0.25) is 14.4 Å². The molecule has 0 bridgehead atoms. The fourth-order valence-electron chi connectivity index (χ4n) is 4.33. The number of rotatable bonds is 4. The van der Waals surface area contributed by atoms with Gasteiger partial charge in [0, 0.05) is 25.0 Å². The number of imidazole rings is 1. The van der Waals surface area contributed by atoms with Gasteiger partial charge in [-0.2, -0.15) is 0 Å². The lowest BCUT2D eigenvalue weighted by molar-refractivity contribution is -0.142. The first-order valence-electron chi connectivity index (χ1n) is 10.3. The maximum Gasteiger partial charge on any atom is 0.239 e. The molecule has 2 fully saturated rings. The monoisotopic (exact) mass is 397 g/mol. The molecule has 0 unspecified atom stereocenters. The van der Waals surface area contributed by atoms with Crippen LogP contribution in [0, 0.1) is 12.8 Å². The van der Waals surface area contributed by atoms with Crippen molar-refractivity contribution < 1.29 is 14.4 Å². The maximum absolute atomic E-state index is 12.6. The molecule has 3 amide bonds. The lowest BCUT2D eigenvalue weighted by Crippen LogP contribution is -2.52. The normalized spacial score (nSPS) is 22.4. The van der Waals surface area contributed by atoms with Crippen LogP contribution in [0.15, 0.2) is 18.2 Å². The lowest BCUT2D eigenvalue weighted by atomic mass is 9.85. The zero-order chi connectivity index (χ0) is 20.4. The van der Waals surface area contributed by atoms with Crippen LogP contribution in [0.2, 0.25) is 0 Å². The molecule has 0 radical (unpaired) electrons. The Kier molecular flexibility index (Phi) is 5.51. The highest BCUT2D eigenvalue weighted by Crippen LogP contribution is 2.26. The molecule has 3 N–H and O–H groups in total. The van der Waals surface area contributed by atoms with E-state index in [9.17, 15) is 14.4 Å². The molecule has 0 atom stereocenters. The highest BCUT2D eigenvalue weighted by Gasteiger charge is 2.31. The fraction of sp³-hybridized carbons (Fsp3) is 0.524. The SMILES string of the molecule is Cc1nc2ccc(CC(=O)NC3CCC(C(=O)N4CCNC(=O)C4)CC3)cc2[nH]1. The van der Waals surface area contributed by atoms with Crippen LogP contribution in [0.1, 0.15) is 37.1 Å². The molecule has 8 heteroatoms. The predicted octanol–water partition coefficient (Wildman–Crippen LogP) is 1.05. The number of H-pyrrole nitrogens is 1. The Morgan fingerprint density at radius 3 is 2.79 bits per heavy atom. The number of carbonyl (C=O) groups is 3. The maximum atomic E-state index is 12.6. The Morgan fingerprint density at radius 1 is 1.24 bits per heavy atom. The van der Waals surface area contributed by atoms with Gasteiger partial charge in [0.25, 0.3) is 0 Å². The number of aromatic nitrogens is 2. The average molecular weight is 397 g/mol. The third-order valence-corrected chi connectivity index (χ3v) is 5.82. The predicted molar refractivity (Wildman–Crippen MR) is 108 cm³/mol. The molecule has 2 aliphatic rings. The van der Waals surface area contributed by atoms with Crippen molar-refractivity contribution in [1.82, 2.24) is 25.5 Å². The van der Waals surface area contributed by atoms with E-state index >= 15 is 0 Å². The fourth-order valence-corrected chi connectivity index (χ4v) is 4.33. The number of nitrogens with zero attached hydrogens (tertiary/aromatic N) is 2. The summed E-state index contributed by atoms with van der Waals surface area (Å²) in [5, 5.41) is 5.86. The van der Waals surface area contributed by atoms with E-state index in [1.807, 2.05) is 25.1 Å². The minimum atomic E-state index is -0.0889. The summed E-state index contributed by atoms with van der Waals surface area (Å²) in [5.41, 5.74) is 2.80. The van der Waals surface area contributed by atoms with E-state index in [4.69, 9.17) is 0 Å². The molecule has 1 aliphatic heterocycles. The van der Waals surface area contributed by atoms with Crippen LogP contribution in [0.5, 0.6) is 0 Å². The minimum absolute atomic E-state index is 0.00284. The first-order valence-corrected chi connectivity index (χ1v) is 10.3. The summed E-state index contributed by atoms with van der Waals surface area (Å²) >= 11 is 0. The molecule has 154 valence electrons. The zero-order valence-electron chi connectivity index (χ0n) is 16.7. The van der Waals surface area contributed by atoms with E-state index in [1.54, 1.807) is 4.90 Å². The largest absolute Gasteiger partial charge is 0.353 e. The lowest BCUT2D eigenvalue weighted by Gasteiger charge is -2.34. The number of hydrogen-bond donors (Lipinski definition) is 3. The van der Waals surface area contributed by atoms with E-state index < -0.39 is 0 Å². The molecule has 29 heavy (non-hydrogen) atoms. The number of fused-ring (bicyclic) bond motifs is 1. The Labute approximate surface area is 169 Å². The summed E-state index contributed by atoms with van der Waals surface area (Å²) < 4.78 is 0. The van der Waals surface area contributed by atoms with Gasteiger partial charge in [-0.15, -0.1) is 0 Å². The number of nitrogens with one attached hydrogen (secondary N) is 3.